The first kappa shape index (κ1) is 14.4. The number of aromatic nitrogens is 4. The highest BCUT2D eigenvalue weighted by molar-refractivity contribution is 5.72. The van der Waals surface area contributed by atoms with Crippen molar-refractivity contribution in [3.8, 4) is 28.5 Å². The van der Waals surface area contributed by atoms with Gasteiger partial charge in [0.1, 0.15) is 5.82 Å². The topological polar surface area (TPSA) is 93.4 Å². The Kier molecular flexibility index (Phi) is 3.28. The highest BCUT2D eigenvalue weighted by atomic mass is 15.3. The lowest BCUT2D eigenvalue weighted by atomic mass is 10.1. The first-order chi connectivity index (χ1) is 11.7. The number of nitrogens with two attached hydrogens (primary N) is 1. The van der Waals surface area contributed by atoms with Gasteiger partial charge in [-0.25, -0.2) is 0 Å². The number of nitriles is 1. The summed E-state index contributed by atoms with van der Waals surface area (Å²) in [4.78, 5) is 8.99. The molecule has 0 saturated heterocycles. The van der Waals surface area contributed by atoms with Crippen molar-refractivity contribution in [1.82, 2.24) is 19.7 Å². The summed E-state index contributed by atoms with van der Waals surface area (Å²) in [5, 5.41) is 13.0. The molecule has 1 saturated carbocycles. The van der Waals surface area contributed by atoms with E-state index in [1.54, 1.807) is 17.9 Å². The molecular weight excluding hydrogens is 300 g/mol. The van der Waals surface area contributed by atoms with Crippen molar-refractivity contribution in [2.45, 2.75) is 12.3 Å². The van der Waals surface area contributed by atoms with Gasteiger partial charge in [0.05, 0.1) is 29.4 Å². The van der Waals surface area contributed by atoms with E-state index < -0.39 is 0 Å². The van der Waals surface area contributed by atoms with E-state index in [1.807, 2.05) is 36.7 Å². The van der Waals surface area contributed by atoms with Gasteiger partial charge in [0, 0.05) is 42.2 Å². The Labute approximate surface area is 139 Å². The number of nitrogen functional groups attached to an aromatic ring is 1. The Balaban J connectivity index is 1.57. The Morgan fingerprint density at radius 2 is 1.88 bits per heavy atom. The fourth-order valence-corrected chi connectivity index (χ4v) is 2.83. The van der Waals surface area contributed by atoms with E-state index >= 15 is 0 Å². The molecular formula is C18H16N6. The summed E-state index contributed by atoms with van der Waals surface area (Å²) in [5.74, 6) is 1.03. The Hall–Kier alpha value is -3.20. The van der Waals surface area contributed by atoms with E-state index in [4.69, 9.17) is 11.0 Å². The summed E-state index contributed by atoms with van der Waals surface area (Å²) in [5.41, 5.74) is 10.6. The van der Waals surface area contributed by atoms with E-state index in [2.05, 4.69) is 21.1 Å². The second-order valence-electron chi connectivity index (χ2n) is 6.05. The molecule has 6 nitrogen and oxygen atoms in total. The summed E-state index contributed by atoms with van der Waals surface area (Å²) in [6.45, 7) is 0. The largest absolute Gasteiger partial charge is 0.383 e. The van der Waals surface area contributed by atoms with E-state index in [-0.39, 0.29) is 5.92 Å². The van der Waals surface area contributed by atoms with Crippen LogP contribution in [0, 0.1) is 17.2 Å². The van der Waals surface area contributed by atoms with Crippen LogP contribution >= 0.6 is 0 Å². The molecule has 0 radical (unpaired) electrons. The summed E-state index contributed by atoms with van der Waals surface area (Å²) in [6.07, 6.45) is 6.30. The van der Waals surface area contributed by atoms with Crippen LogP contribution in [-0.2, 0) is 7.05 Å². The van der Waals surface area contributed by atoms with Crippen LogP contribution in [0.2, 0.25) is 0 Å². The van der Waals surface area contributed by atoms with Gasteiger partial charge in [-0.3, -0.25) is 14.6 Å². The molecule has 0 amide bonds. The third kappa shape index (κ3) is 2.40. The van der Waals surface area contributed by atoms with Crippen LogP contribution in [0.25, 0.3) is 22.4 Å². The van der Waals surface area contributed by atoms with Crippen molar-refractivity contribution in [2.75, 3.05) is 5.73 Å². The average molecular weight is 316 g/mol. The second kappa shape index (κ2) is 5.46. The number of pyridine rings is 2. The van der Waals surface area contributed by atoms with Crippen molar-refractivity contribution >= 4 is 5.82 Å². The third-order valence-electron chi connectivity index (χ3n) is 4.48. The molecule has 6 heteroatoms. The van der Waals surface area contributed by atoms with Gasteiger partial charge in [-0.2, -0.15) is 10.4 Å². The lowest BCUT2D eigenvalue weighted by molar-refractivity contribution is 0.779. The number of aryl methyl sites for hydroxylation is 1. The van der Waals surface area contributed by atoms with Crippen LogP contribution in [0.15, 0.2) is 42.9 Å². The summed E-state index contributed by atoms with van der Waals surface area (Å²) in [7, 11) is 1.80. The maximum atomic E-state index is 8.91. The van der Waals surface area contributed by atoms with Crippen molar-refractivity contribution < 1.29 is 0 Å². The lowest BCUT2D eigenvalue weighted by Gasteiger charge is -2.05. The first-order valence-electron chi connectivity index (χ1n) is 7.77. The van der Waals surface area contributed by atoms with E-state index in [1.165, 1.54) is 0 Å². The van der Waals surface area contributed by atoms with Gasteiger partial charge in [0.25, 0.3) is 0 Å². The minimum absolute atomic E-state index is 0.134. The SMILES string of the molecule is Cn1ncc(-c2ccc(-c3ccc(C4CC4C#N)nc3)cn2)c1N. The Bertz CT molecular complexity index is 918. The van der Waals surface area contributed by atoms with Gasteiger partial charge in [0.2, 0.25) is 0 Å². The molecule has 1 aliphatic rings. The maximum Gasteiger partial charge on any atom is 0.130 e. The zero-order chi connectivity index (χ0) is 16.7. The second-order valence-corrected chi connectivity index (χ2v) is 6.05. The normalized spacial score (nSPS) is 19.0. The van der Waals surface area contributed by atoms with Gasteiger partial charge in [-0.15, -0.1) is 0 Å². The molecule has 2 unspecified atom stereocenters. The molecule has 3 heterocycles. The Morgan fingerprint density at radius 3 is 2.38 bits per heavy atom. The molecule has 4 rings (SSSR count). The summed E-state index contributed by atoms with van der Waals surface area (Å²) >= 11 is 0. The standard InChI is InChI=1S/C18H16N6/c1-24-18(20)15(10-23-24)17-5-3-12(9-22-17)11-2-4-16(21-8-11)14-6-13(14)7-19/h2-5,8-10,13-14H,6,20H2,1H3. The predicted molar refractivity (Wildman–Crippen MR) is 90.5 cm³/mol. The van der Waals surface area contributed by atoms with Gasteiger partial charge in [-0.05, 0) is 18.6 Å². The minimum atomic E-state index is 0.134. The van der Waals surface area contributed by atoms with Crippen LogP contribution in [0.4, 0.5) is 5.82 Å². The molecule has 0 aromatic carbocycles. The molecule has 3 aromatic rings. The highest BCUT2D eigenvalue weighted by Gasteiger charge is 2.39. The zero-order valence-electron chi connectivity index (χ0n) is 13.2. The molecule has 0 bridgehead atoms. The molecule has 24 heavy (non-hydrogen) atoms. The Morgan fingerprint density at radius 1 is 1.12 bits per heavy atom. The average Bonchev–Trinajstić information content (AvgIpc) is 3.35. The molecule has 0 aliphatic heterocycles. The molecule has 118 valence electrons. The van der Waals surface area contributed by atoms with E-state index in [0.29, 0.717) is 11.7 Å². The zero-order valence-corrected chi connectivity index (χ0v) is 13.2. The smallest absolute Gasteiger partial charge is 0.130 e. The summed E-state index contributed by atoms with van der Waals surface area (Å²) < 4.78 is 1.62. The molecule has 0 spiro atoms. The molecule has 3 aromatic heterocycles. The molecule has 2 N–H and O–H groups in total. The first-order valence-corrected chi connectivity index (χ1v) is 7.77. The molecule has 1 aliphatic carbocycles. The third-order valence-corrected chi connectivity index (χ3v) is 4.48. The summed E-state index contributed by atoms with van der Waals surface area (Å²) in [6, 6.07) is 10.3. The van der Waals surface area contributed by atoms with Crippen molar-refractivity contribution in [3.63, 3.8) is 0 Å². The molecule has 2 atom stereocenters. The molecule has 1 fully saturated rings. The monoisotopic (exact) mass is 316 g/mol. The lowest BCUT2D eigenvalue weighted by Crippen LogP contribution is -1.98. The maximum absolute atomic E-state index is 8.91. The van der Waals surface area contributed by atoms with Crippen molar-refractivity contribution in [2.24, 2.45) is 13.0 Å². The van der Waals surface area contributed by atoms with E-state index in [9.17, 15) is 0 Å². The van der Waals surface area contributed by atoms with Crippen molar-refractivity contribution in [3.05, 3.63) is 48.5 Å². The number of rotatable bonds is 3. The van der Waals surface area contributed by atoms with Gasteiger partial charge in [-0.1, -0.05) is 12.1 Å². The highest BCUT2D eigenvalue weighted by Crippen LogP contribution is 2.46. The van der Waals surface area contributed by atoms with Crippen LogP contribution in [0.5, 0.6) is 0 Å². The number of hydrogen-bond donors (Lipinski definition) is 1. The van der Waals surface area contributed by atoms with Gasteiger partial charge in [0.15, 0.2) is 0 Å². The number of anilines is 1. The van der Waals surface area contributed by atoms with E-state index in [0.717, 1.165) is 34.5 Å². The number of hydrogen-bond acceptors (Lipinski definition) is 5. The van der Waals surface area contributed by atoms with Gasteiger partial charge >= 0.3 is 0 Å². The fourth-order valence-electron chi connectivity index (χ4n) is 2.83. The van der Waals surface area contributed by atoms with Gasteiger partial charge < -0.3 is 5.73 Å². The van der Waals surface area contributed by atoms with Crippen LogP contribution in [0.3, 0.4) is 0 Å². The van der Waals surface area contributed by atoms with Crippen LogP contribution < -0.4 is 5.73 Å². The minimum Gasteiger partial charge on any atom is -0.383 e. The quantitative estimate of drug-likeness (QED) is 0.802. The van der Waals surface area contributed by atoms with Crippen molar-refractivity contribution in [1.29, 1.82) is 5.26 Å². The fraction of sp³-hybridized carbons (Fsp3) is 0.222. The van der Waals surface area contributed by atoms with Crippen LogP contribution in [-0.4, -0.2) is 19.7 Å². The number of nitrogens with zero attached hydrogens (tertiary/aromatic N) is 5. The predicted octanol–water partition coefficient (Wildman–Crippen LogP) is 2.75. The van der Waals surface area contributed by atoms with Crippen LogP contribution in [0.1, 0.15) is 18.0 Å².